The molecule has 0 radical (unpaired) electrons. The van der Waals surface area contributed by atoms with Crippen molar-refractivity contribution in [2.24, 2.45) is 7.05 Å². The summed E-state index contributed by atoms with van der Waals surface area (Å²) >= 11 is 6.47. The van der Waals surface area contributed by atoms with Gasteiger partial charge in [-0.15, -0.1) is 0 Å². The number of amides is 1. The van der Waals surface area contributed by atoms with Crippen LogP contribution in [0.3, 0.4) is 0 Å². The van der Waals surface area contributed by atoms with E-state index in [1.165, 1.54) is 6.33 Å². The van der Waals surface area contributed by atoms with E-state index >= 15 is 0 Å². The van der Waals surface area contributed by atoms with Gasteiger partial charge < -0.3 is 15.7 Å². The van der Waals surface area contributed by atoms with E-state index in [2.05, 4.69) is 30.7 Å². The number of hydrogen-bond donors (Lipinski definition) is 3. The first-order valence-electron chi connectivity index (χ1n) is 8.09. The Morgan fingerprint density at radius 3 is 2.74 bits per heavy atom. The summed E-state index contributed by atoms with van der Waals surface area (Å²) in [5, 5.41) is 19.0. The molecule has 1 amide bonds. The molecule has 0 saturated carbocycles. The van der Waals surface area contributed by atoms with E-state index in [1.54, 1.807) is 29.9 Å². The van der Waals surface area contributed by atoms with Crippen molar-refractivity contribution in [2.45, 2.75) is 19.9 Å². The summed E-state index contributed by atoms with van der Waals surface area (Å²) in [5.41, 5.74) is 2.17. The predicted molar refractivity (Wildman–Crippen MR) is 101 cm³/mol. The Kier molecular flexibility index (Phi) is 5.22. The zero-order chi connectivity index (χ0) is 19.6. The molecule has 0 bridgehead atoms. The fraction of sp³-hybridized carbons (Fsp3) is 0.235. The van der Waals surface area contributed by atoms with Crippen molar-refractivity contribution in [3.63, 3.8) is 0 Å². The lowest BCUT2D eigenvalue weighted by molar-refractivity contribution is 0.191. The van der Waals surface area contributed by atoms with Crippen LogP contribution in [0.4, 0.5) is 16.6 Å². The van der Waals surface area contributed by atoms with Crippen LogP contribution in [0.2, 0.25) is 5.02 Å². The summed E-state index contributed by atoms with van der Waals surface area (Å²) in [7, 11) is 1.82. The lowest BCUT2D eigenvalue weighted by atomic mass is 10.0. The monoisotopic (exact) mass is 387 g/mol. The van der Waals surface area contributed by atoms with E-state index in [0.29, 0.717) is 28.2 Å². The van der Waals surface area contributed by atoms with Gasteiger partial charge in [0, 0.05) is 29.9 Å². The summed E-state index contributed by atoms with van der Waals surface area (Å²) in [5.74, 6) is 1.43. The second-order valence-electron chi connectivity index (χ2n) is 5.94. The maximum atomic E-state index is 10.9. The number of aryl methyl sites for hydroxylation is 1. The minimum Gasteiger partial charge on any atom is -0.465 e. The number of rotatable bonds is 5. The number of carbonyl (C=O) groups is 1. The predicted octanol–water partition coefficient (Wildman–Crippen LogP) is 3.31. The molecular formula is C17H18ClN7O2. The van der Waals surface area contributed by atoms with Gasteiger partial charge in [-0.2, -0.15) is 10.1 Å². The number of halogens is 1. The minimum absolute atomic E-state index is 0.360. The number of benzene rings is 1. The lowest BCUT2D eigenvalue weighted by Gasteiger charge is -2.17. The summed E-state index contributed by atoms with van der Waals surface area (Å²) in [6.45, 7) is 3.57. The van der Waals surface area contributed by atoms with Crippen LogP contribution in [-0.2, 0) is 7.05 Å². The third-order valence-corrected chi connectivity index (χ3v) is 4.49. The summed E-state index contributed by atoms with van der Waals surface area (Å²) in [6, 6.07) is 4.94. The fourth-order valence-corrected chi connectivity index (χ4v) is 2.96. The minimum atomic E-state index is -1.11. The smallest absolute Gasteiger partial charge is 0.405 e. The first kappa shape index (κ1) is 18.6. The van der Waals surface area contributed by atoms with Gasteiger partial charge in [-0.25, -0.2) is 14.8 Å². The molecule has 3 N–H and O–H groups in total. The van der Waals surface area contributed by atoms with Crippen LogP contribution >= 0.6 is 11.6 Å². The molecule has 1 atom stereocenters. The molecule has 1 aromatic carbocycles. The molecule has 2 aromatic heterocycles. The topological polar surface area (TPSA) is 118 Å². The fourth-order valence-electron chi connectivity index (χ4n) is 2.63. The number of aromatic nitrogens is 5. The average Bonchev–Trinajstić information content (AvgIpc) is 3.01. The summed E-state index contributed by atoms with van der Waals surface area (Å²) in [6.07, 6.45) is 2.10. The molecule has 2 heterocycles. The van der Waals surface area contributed by atoms with Gasteiger partial charge in [-0.3, -0.25) is 4.68 Å². The van der Waals surface area contributed by atoms with Gasteiger partial charge in [-0.05, 0) is 25.0 Å². The number of carboxylic acid groups (broad SMARTS) is 1. The van der Waals surface area contributed by atoms with Crippen LogP contribution in [0.15, 0.2) is 30.7 Å². The van der Waals surface area contributed by atoms with Crippen molar-refractivity contribution >= 4 is 29.5 Å². The zero-order valence-corrected chi connectivity index (χ0v) is 15.7. The van der Waals surface area contributed by atoms with Crippen molar-refractivity contribution in [3.8, 4) is 11.4 Å². The normalized spacial score (nSPS) is 11.9. The molecule has 1 unspecified atom stereocenters. The van der Waals surface area contributed by atoms with Crippen LogP contribution in [0, 0.1) is 6.92 Å². The van der Waals surface area contributed by atoms with Crippen LogP contribution in [0.1, 0.15) is 24.1 Å². The van der Waals surface area contributed by atoms with Gasteiger partial charge in [0.2, 0.25) is 5.95 Å². The highest BCUT2D eigenvalue weighted by Crippen LogP contribution is 2.32. The van der Waals surface area contributed by atoms with Gasteiger partial charge in [0.25, 0.3) is 0 Å². The van der Waals surface area contributed by atoms with Gasteiger partial charge in [0.1, 0.15) is 6.33 Å². The highest BCUT2D eigenvalue weighted by molar-refractivity contribution is 6.32. The van der Waals surface area contributed by atoms with E-state index in [1.807, 2.05) is 20.0 Å². The third-order valence-electron chi connectivity index (χ3n) is 3.99. The number of anilines is 2. The van der Waals surface area contributed by atoms with Crippen molar-refractivity contribution in [3.05, 3.63) is 46.9 Å². The maximum Gasteiger partial charge on any atom is 0.405 e. The van der Waals surface area contributed by atoms with E-state index in [9.17, 15) is 4.79 Å². The van der Waals surface area contributed by atoms with Gasteiger partial charge in [-0.1, -0.05) is 23.7 Å². The molecule has 27 heavy (non-hydrogen) atoms. The summed E-state index contributed by atoms with van der Waals surface area (Å²) in [4.78, 5) is 23.6. The van der Waals surface area contributed by atoms with E-state index < -0.39 is 12.1 Å². The molecule has 0 saturated heterocycles. The molecule has 0 aliphatic rings. The average molecular weight is 388 g/mol. The van der Waals surface area contributed by atoms with Crippen LogP contribution < -0.4 is 10.6 Å². The molecule has 3 rings (SSSR count). The quantitative estimate of drug-likeness (QED) is 0.614. The van der Waals surface area contributed by atoms with Gasteiger partial charge >= 0.3 is 6.09 Å². The van der Waals surface area contributed by atoms with Crippen molar-refractivity contribution in [1.82, 2.24) is 30.0 Å². The second kappa shape index (κ2) is 7.58. The Bertz CT molecular complexity index is 989. The molecule has 0 fully saturated rings. The van der Waals surface area contributed by atoms with Gasteiger partial charge in [0.05, 0.1) is 6.04 Å². The largest absolute Gasteiger partial charge is 0.465 e. The molecule has 3 aromatic rings. The molecule has 9 nitrogen and oxygen atoms in total. The highest BCUT2D eigenvalue weighted by atomic mass is 35.5. The molecule has 0 spiro atoms. The van der Waals surface area contributed by atoms with E-state index in [-0.39, 0.29) is 0 Å². The Morgan fingerprint density at radius 1 is 1.30 bits per heavy atom. The Hall–Kier alpha value is -3.20. The molecule has 140 valence electrons. The molecule has 0 aliphatic heterocycles. The van der Waals surface area contributed by atoms with Crippen LogP contribution in [0.25, 0.3) is 11.4 Å². The lowest BCUT2D eigenvalue weighted by Crippen LogP contribution is -2.24. The highest BCUT2D eigenvalue weighted by Gasteiger charge is 2.17. The number of hydrogen-bond acceptors (Lipinski definition) is 6. The summed E-state index contributed by atoms with van der Waals surface area (Å²) < 4.78 is 1.67. The molecule has 10 heteroatoms. The first-order valence-corrected chi connectivity index (χ1v) is 8.47. The van der Waals surface area contributed by atoms with Crippen molar-refractivity contribution in [2.75, 3.05) is 5.32 Å². The first-order chi connectivity index (χ1) is 12.8. The standard InChI is InChI=1S/C17H18ClN7O2/c1-9-11(4-5-12(14(9)18)10(2)21-17(26)27)15-19-8-20-16(23-15)22-13-6-7-25(3)24-13/h4-8,10,21H,1-3H3,(H,26,27)(H,19,20,22,23,24). The maximum absolute atomic E-state index is 10.9. The van der Waals surface area contributed by atoms with Crippen LogP contribution in [0.5, 0.6) is 0 Å². The Labute approximate surface area is 160 Å². The Morgan fingerprint density at radius 2 is 2.07 bits per heavy atom. The van der Waals surface area contributed by atoms with E-state index in [0.717, 1.165) is 11.1 Å². The van der Waals surface area contributed by atoms with Crippen molar-refractivity contribution in [1.29, 1.82) is 0 Å². The Balaban J connectivity index is 1.91. The number of nitrogens with one attached hydrogen (secondary N) is 2. The third kappa shape index (κ3) is 4.14. The SMILES string of the molecule is Cc1c(-c2ncnc(Nc3ccn(C)n3)n2)ccc(C(C)NC(=O)O)c1Cl. The number of nitrogens with zero attached hydrogens (tertiary/aromatic N) is 5. The van der Waals surface area contributed by atoms with Gasteiger partial charge in [0.15, 0.2) is 11.6 Å². The molecular weight excluding hydrogens is 370 g/mol. The zero-order valence-electron chi connectivity index (χ0n) is 14.9. The van der Waals surface area contributed by atoms with E-state index in [4.69, 9.17) is 16.7 Å². The van der Waals surface area contributed by atoms with Crippen LogP contribution in [-0.4, -0.2) is 35.9 Å². The molecule has 0 aliphatic carbocycles. The second-order valence-corrected chi connectivity index (χ2v) is 6.32. The van der Waals surface area contributed by atoms with Crippen molar-refractivity contribution < 1.29 is 9.90 Å².